The molecule has 0 saturated heterocycles. The third kappa shape index (κ3) is 23.1. The summed E-state index contributed by atoms with van der Waals surface area (Å²) < 4.78 is 123. The molecule has 0 aromatic carbocycles. The Morgan fingerprint density at radius 1 is 0.722 bits per heavy atom. The van der Waals surface area contributed by atoms with Crippen molar-refractivity contribution in [3.8, 4) is 0 Å². The van der Waals surface area contributed by atoms with E-state index in [1.807, 2.05) is 0 Å². The normalized spacial score (nSPS) is 25.1. The molecule has 0 saturated carbocycles. The molecule has 0 aliphatic heterocycles. The van der Waals surface area contributed by atoms with Crippen molar-refractivity contribution >= 4 is 0 Å². The van der Waals surface area contributed by atoms with Crippen molar-refractivity contribution in [3.05, 3.63) is 0 Å². The van der Waals surface area contributed by atoms with Gasteiger partial charge in [0.15, 0.2) is 0 Å². The summed E-state index contributed by atoms with van der Waals surface area (Å²) in [5, 5.41) is 0. The van der Waals surface area contributed by atoms with Crippen LogP contribution in [0.5, 0.6) is 0 Å². The van der Waals surface area contributed by atoms with Crippen molar-refractivity contribution in [3.63, 3.8) is 0 Å². The van der Waals surface area contributed by atoms with Crippen molar-refractivity contribution in [2.45, 2.75) is 0 Å². The van der Waals surface area contributed by atoms with E-state index in [2.05, 4.69) is 0 Å². The standard InChI is InChI=1S/2Cr.2K.14O/q;;2*+1;;;;;;;;;;;;;2*-1. The zero-order valence-electron chi connectivity index (χ0n) is 8.53. The van der Waals surface area contributed by atoms with Gasteiger partial charge < -0.3 is 0 Å². The monoisotopic (exact) mass is 406 g/mol. The molecule has 98 valence electrons. The molecular weight excluding hydrogens is 406 g/mol. The average molecular weight is 406 g/mol. The molecule has 0 aromatic rings. The van der Waals surface area contributed by atoms with Gasteiger partial charge in [-0.05, 0) is 0 Å². The predicted octanol–water partition coefficient (Wildman–Crippen LogP) is -9.75. The SMILES string of the molecule is [K+].[K+].[O]=[Cr](=[O])([O-])[O][Cr](=[O])(=[O])(=[O])(=[O])(=[O])(=[O])(=[O])(=[O])(=[O])[O-]. The van der Waals surface area contributed by atoms with Crippen molar-refractivity contribution in [2.75, 3.05) is 0 Å². The molecule has 18 heteroatoms. The summed E-state index contributed by atoms with van der Waals surface area (Å²) in [6.45, 7) is 0. The Bertz CT molecular complexity index is 1950. The second-order valence-electron chi connectivity index (χ2n) is 4.22. The Labute approximate surface area is 171 Å². The molecule has 0 bridgehead atoms. The topological polar surface area (TPSA) is 243 Å². The maximum absolute atomic E-state index is 18.8. The Hall–Kier alpha value is 2.02. The van der Waals surface area contributed by atoms with E-state index in [0.29, 0.717) is 0 Å². The van der Waals surface area contributed by atoms with Crippen molar-refractivity contribution in [2.24, 2.45) is 0 Å². The summed E-state index contributed by atoms with van der Waals surface area (Å²) in [5.41, 5.74) is -18.8. The first kappa shape index (κ1) is 25.0. The minimum absolute atomic E-state index is 0. The Kier molecular flexibility index (Phi) is 2.09. The Morgan fingerprint density at radius 2 is 0.889 bits per heavy atom. The van der Waals surface area contributed by atoms with Gasteiger partial charge in [-0.25, -0.2) is 0 Å². The van der Waals surface area contributed by atoms with Crippen molar-refractivity contribution in [1.82, 2.24) is 0 Å². The molecule has 0 heterocycles. The van der Waals surface area contributed by atoms with Crippen LogP contribution < -0.4 is 111 Å². The van der Waals surface area contributed by atoms with Crippen LogP contribution in [0.3, 0.4) is 0 Å². The molecular formula is Cr2K2O14. The Morgan fingerprint density at radius 3 is 0.889 bits per heavy atom. The van der Waals surface area contributed by atoms with Crippen LogP contribution in [0.15, 0.2) is 0 Å². The molecule has 0 N–H and O–H groups in total. The van der Waals surface area contributed by atoms with Gasteiger partial charge in [-0.15, -0.1) is 0 Å². The third-order valence-corrected chi connectivity index (χ3v) is 6.14. The van der Waals surface area contributed by atoms with Gasteiger partial charge in [0.1, 0.15) is 0 Å². The summed E-state index contributed by atoms with van der Waals surface area (Å²) in [6, 6.07) is 0. The van der Waals surface area contributed by atoms with Gasteiger partial charge in [0, 0.05) is 0 Å². The fourth-order valence-electron chi connectivity index (χ4n) is 0.340. The summed E-state index contributed by atoms with van der Waals surface area (Å²) in [4.78, 5) is 0. The van der Waals surface area contributed by atoms with Gasteiger partial charge in [-0.3, -0.25) is 0 Å². The van der Waals surface area contributed by atoms with E-state index in [0.717, 1.165) is 0 Å². The van der Waals surface area contributed by atoms with Gasteiger partial charge in [0.05, 0.1) is 0 Å². The summed E-state index contributed by atoms with van der Waals surface area (Å²) in [5.74, 6) is 0. The van der Waals surface area contributed by atoms with Crippen LogP contribution in [0.4, 0.5) is 0 Å². The first-order chi connectivity index (χ1) is 5.08. The Balaban J connectivity index is -0.00000112. The average Bonchev–Trinajstić information content (AvgIpc) is 0.935. The van der Waals surface area contributed by atoms with Gasteiger partial charge in [-0.1, -0.05) is 0 Å². The fraction of sp³-hybridized carbons (Fsp3) is 0. The first-order valence-corrected chi connectivity index (χ1v) is 10.3. The number of hydrogen-bond donors (Lipinski definition) is 0. The predicted molar refractivity (Wildman–Crippen MR) is 8.64 cm³/mol. The van der Waals surface area contributed by atoms with Crippen LogP contribution in [0.1, 0.15) is 0 Å². The van der Waals surface area contributed by atoms with Crippen LogP contribution in [-0.2, 0) is 63.9 Å². The zero-order chi connectivity index (χ0) is 14.5. The maximum atomic E-state index is 9.48. The van der Waals surface area contributed by atoms with E-state index in [1.54, 1.807) is 0 Å². The van der Waals surface area contributed by atoms with E-state index in [4.69, 9.17) is 0 Å². The minimum atomic E-state index is -18.8. The third-order valence-electron chi connectivity index (χ3n) is 0.361. The van der Waals surface area contributed by atoms with Crippen LogP contribution >= 0.6 is 0 Å². The first-order valence-electron chi connectivity index (χ1n) is 2.50. The molecule has 0 aliphatic rings. The van der Waals surface area contributed by atoms with E-state index in [-0.39, 0.29) is 106 Å². The van der Waals surface area contributed by atoms with E-state index >= 15 is 0 Å². The molecule has 0 amide bonds. The summed E-state index contributed by atoms with van der Waals surface area (Å²) >= 11 is -8.82. The van der Waals surface area contributed by atoms with Gasteiger partial charge in [0.2, 0.25) is 0 Å². The van der Waals surface area contributed by atoms with Gasteiger partial charge in [-0.2, -0.15) is 0 Å². The van der Waals surface area contributed by atoms with Gasteiger partial charge >= 0.3 is 175 Å². The molecule has 0 fully saturated rings. The second-order valence-corrected chi connectivity index (χ2v) is 18.3. The van der Waals surface area contributed by atoms with E-state index in [1.165, 1.54) is 0 Å². The van der Waals surface area contributed by atoms with Crippen LogP contribution in [0, 0.1) is 0 Å². The molecule has 18 heavy (non-hydrogen) atoms. The second kappa shape index (κ2) is 1.51. The quantitative estimate of drug-likeness (QED) is 0.386. The molecule has 0 aromatic heterocycles. The molecule has 14 nitrogen and oxygen atoms in total. The van der Waals surface area contributed by atoms with Crippen LogP contribution in [0.25, 0.3) is 0 Å². The molecule has 0 aliphatic carbocycles. The molecule has 0 radical (unpaired) electrons. The number of rotatable bonds is 2. The van der Waals surface area contributed by atoms with Crippen molar-refractivity contribution < 1.29 is 175 Å². The van der Waals surface area contributed by atoms with E-state index < -0.39 is 19.3 Å². The zero-order valence-corrected chi connectivity index (χ0v) is 17.3. The molecule has 0 rings (SSSR count). The van der Waals surface area contributed by atoms with Gasteiger partial charge in [0.25, 0.3) is 0 Å². The fourth-order valence-corrected chi connectivity index (χ4v) is 5.78. The van der Waals surface area contributed by atoms with Crippen LogP contribution in [-0.4, -0.2) is 0 Å². The van der Waals surface area contributed by atoms with Crippen LogP contribution in [0.2, 0.25) is 0 Å². The molecule has 0 spiro atoms. The molecule has 0 atom stereocenters. The molecule has 0 unspecified atom stereocenters. The summed E-state index contributed by atoms with van der Waals surface area (Å²) in [7, 11) is 0. The number of hydrogen-bond acceptors (Lipinski definition) is 14. The van der Waals surface area contributed by atoms with E-state index in [9.17, 15) is 50.2 Å². The van der Waals surface area contributed by atoms with Crippen molar-refractivity contribution in [1.29, 1.82) is 0 Å². The summed E-state index contributed by atoms with van der Waals surface area (Å²) in [6.07, 6.45) is 0.